The van der Waals surface area contributed by atoms with Crippen LogP contribution in [0.2, 0.25) is 0 Å². The summed E-state index contributed by atoms with van der Waals surface area (Å²) in [6.07, 6.45) is -2.74. The summed E-state index contributed by atoms with van der Waals surface area (Å²) in [6, 6.07) is 21.0. The number of hydrogen-bond acceptors (Lipinski definition) is 2. The largest absolute Gasteiger partial charge is 0.416 e. The van der Waals surface area contributed by atoms with Crippen LogP contribution in [0.25, 0.3) is 43.8 Å². The minimum atomic E-state index is -4.36. The molecule has 1 heterocycles. The fourth-order valence-corrected chi connectivity index (χ4v) is 3.59. The van der Waals surface area contributed by atoms with Gasteiger partial charge in [0.25, 0.3) is 0 Å². The van der Waals surface area contributed by atoms with Crippen LogP contribution in [-0.4, -0.2) is 9.97 Å². The van der Waals surface area contributed by atoms with Crippen molar-refractivity contribution in [3.05, 3.63) is 84.6 Å². The van der Waals surface area contributed by atoms with Gasteiger partial charge >= 0.3 is 6.18 Å². The summed E-state index contributed by atoms with van der Waals surface area (Å²) in [5.74, 6) is 0. The smallest absolute Gasteiger partial charge is 0.252 e. The van der Waals surface area contributed by atoms with E-state index in [1.165, 1.54) is 12.1 Å². The number of benzene rings is 4. The van der Waals surface area contributed by atoms with Gasteiger partial charge in [0.1, 0.15) is 0 Å². The monoisotopic (exact) mass is 374 g/mol. The highest BCUT2D eigenvalue weighted by Gasteiger charge is 2.30. The Morgan fingerprint density at radius 3 is 1.71 bits per heavy atom. The van der Waals surface area contributed by atoms with Crippen molar-refractivity contribution in [2.24, 2.45) is 0 Å². The first-order valence-corrected chi connectivity index (χ1v) is 8.76. The molecule has 5 aromatic rings. The molecule has 2 nitrogen and oxygen atoms in total. The lowest BCUT2D eigenvalue weighted by Crippen LogP contribution is -2.04. The molecule has 0 saturated carbocycles. The summed E-state index contributed by atoms with van der Waals surface area (Å²) in [6.45, 7) is 0. The number of hydrogen-bond donors (Lipinski definition) is 0. The summed E-state index contributed by atoms with van der Waals surface area (Å²) in [5.41, 5.74) is 1.99. The van der Waals surface area contributed by atoms with E-state index in [1.54, 1.807) is 6.20 Å². The minimum Gasteiger partial charge on any atom is -0.252 e. The Balaban J connectivity index is 1.78. The zero-order valence-electron chi connectivity index (χ0n) is 14.5. The van der Waals surface area contributed by atoms with Crippen molar-refractivity contribution in [1.82, 2.24) is 9.97 Å². The van der Waals surface area contributed by atoms with Gasteiger partial charge in [-0.05, 0) is 22.9 Å². The molecule has 4 aromatic carbocycles. The lowest BCUT2D eigenvalue weighted by molar-refractivity contribution is -0.137. The third-order valence-corrected chi connectivity index (χ3v) is 4.94. The molecule has 0 fully saturated rings. The molecule has 1 aromatic heterocycles. The molecule has 0 amide bonds. The van der Waals surface area contributed by atoms with Crippen LogP contribution >= 0.6 is 0 Å². The highest BCUT2D eigenvalue weighted by molar-refractivity contribution is 6.23. The predicted octanol–water partition coefficient (Wildman–Crippen LogP) is 6.62. The van der Waals surface area contributed by atoms with Crippen molar-refractivity contribution < 1.29 is 13.2 Å². The SMILES string of the molecule is FC(F)(F)c1ccc(-c2cnc3c4ccccc4c4ccccc4c3n2)cc1. The van der Waals surface area contributed by atoms with Crippen LogP contribution in [0.1, 0.15) is 5.56 Å². The van der Waals surface area contributed by atoms with Gasteiger partial charge in [-0.2, -0.15) is 13.2 Å². The summed E-state index contributed by atoms with van der Waals surface area (Å²) in [7, 11) is 0. The molecule has 5 heteroatoms. The topological polar surface area (TPSA) is 25.8 Å². The number of rotatable bonds is 1. The van der Waals surface area contributed by atoms with Gasteiger partial charge in [0.15, 0.2) is 0 Å². The van der Waals surface area contributed by atoms with Crippen molar-refractivity contribution in [2.45, 2.75) is 6.18 Å². The molecule has 0 radical (unpaired) electrons. The van der Waals surface area contributed by atoms with Gasteiger partial charge in [-0.15, -0.1) is 0 Å². The number of halogens is 3. The van der Waals surface area contributed by atoms with E-state index in [0.29, 0.717) is 11.3 Å². The first-order valence-electron chi connectivity index (χ1n) is 8.76. The lowest BCUT2D eigenvalue weighted by atomic mass is 9.99. The standard InChI is InChI=1S/C23H13F3N2/c24-23(25,26)15-11-9-14(10-12-15)20-13-27-21-18-7-3-1-5-16(18)17-6-2-4-8-19(17)22(21)28-20/h1-13H. The molecule has 0 aliphatic rings. The van der Waals surface area contributed by atoms with E-state index in [0.717, 1.165) is 44.7 Å². The maximum absolute atomic E-state index is 12.8. The fraction of sp³-hybridized carbons (Fsp3) is 0.0435. The molecular formula is C23H13F3N2. The normalized spacial score (nSPS) is 12.1. The van der Waals surface area contributed by atoms with Gasteiger partial charge in [-0.25, -0.2) is 4.98 Å². The van der Waals surface area contributed by atoms with Gasteiger partial charge in [-0.3, -0.25) is 4.98 Å². The van der Waals surface area contributed by atoms with Crippen LogP contribution in [0.5, 0.6) is 0 Å². The second-order valence-corrected chi connectivity index (χ2v) is 6.62. The molecular weight excluding hydrogens is 361 g/mol. The van der Waals surface area contributed by atoms with Crippen molar-refractivity contribution in [2.75, 3.05) is 0 Å². The Morgan fingerprint density at radius 1 is 0.607 bits per heavy atom. The Kier molecular flexibility index (Phi) is 3.59. The van der Waals surface area contributed by atoms with Gasteiger partial charge in [0, 0.05) is 16.3 Å². The van der Waals surface area contributed by atoms with Gasteiger partial charge in [-0.1, -0.05) is 60.7 Å². The molecule has 0 aliphatic carbocycles. The van der Waals surface area contributed by atoms with E-state index in [4.69, 9.17) is 4.98 Å². The fourth-order valence-electron chi connectivity index (χ4n) is 3.59. The lowest BCUT2D eigenvalue weighted by Gasteiger charge is -2.11. The summed E-state index contributed by atoms with van der Waals surface area (Å²) >= 11 is 0. The summed E-state index contributed by atoms with van der Waals surface area (Å²) in [5, 5.41) is 4.15. The number of alkyl halides is 3. The average molecular weight is 374 g/mol. The minimum absolute atomic E-state index is 0.543. The molecule has 0 aliphatic heterocycles. The first kappa shape index (κ1) is 16.7. The molecule has 0 unspecified atom stereocenters. The van der Waals surface area contributed by atoms with E-state index in [-0.39, 0.29) is 0 Å². The average Bonchev–Trinajstić information content (AvgIpc) is 2.73. The maximum atomic E-state index is 12.8. The Hall–Kier alpha value is -3.47. The molecule has 0 N–H and O–H groups in total. The molecule has 136 valence electrons. The molecule has 28 heavy (non-hydrogen) atoms. The maximum Gasteiger partial charge on any atom is 0.416 e. The van der Waals surface area contributed by atoms with Crippen LogP contribution in [-0.2, 0) is 6.18 Å². The van der Waals surface area contributed by atoms with Gasteiger partial charge in [0.05, 0.1) is 28.5 Å². The van der Waals surface area contributed by atoms with E-state index < -0.39 is 11.7 Å². The molecule has 0 bridgehead atoms. The van der Waals surface area contributed by atoms with Crippen molar-refractivity contribution in [3.63, 3.8) is 0 Å². The zero-order valence-corrected chi connectivity index (χ0v) is 14.5. The third-order valence-electron chi connectivity index (χ3n) is 4.94. The first-order chi connectivity index (χ1) is 13.5. The molecule has 0 saturated heterocycles. The number of nitrogens with zero attached hydrogens (tertiary/aromatic N) is 2. The van der Waals surface area contributed by atoms with E-state index in [2.05, 4.69) is 11.1 Å². The van der Waals surface area contributed by atoms with Crippen molar-refractivity contribution >= 4 is 32.6 Å². The highest BCUT2D eigenvalue weighted by Crippen LogP contribution is 2.34. The predicted molar refractivity (Wildman–Crippen MR) is 105 cm³/mol. The number of fused-ring (bicyclic) bond motifs is 6. The molecule has 0 spiro atoms. The van der Waals surface area contributed by atoms with E-state index >= 15 is 0 Å². The Bertz CT molecular complexity index is 1300. The van der Waals surface area contributed by atoms with E-state index in [9.17, 15) is 13.2 Å². The summed E-state index contributed by atoms with van der Waals surface area (Å²) in [4.78, 5) is 9.39. The zero-order chi connectivity index (χ0) is 19.3. The third kappa shape index (κ3) is 2.59. The van der Waals surface area contributed by atoms with Crippen LogP contribution in [0.15, 0.2) is 79.0 Å². The van der Waals surface area contributed by atoms with Crippen molar-refractivity contribution in [3.8, 4) is 11.3 Å². The Morgan fingerprint density at radius 2 is 1.14 bits per heavy atom. The molecule has 0 atom stereocenters. The van der Waals surface area contributed by atoms with Crippen LogP contribution in [0.4, 0.5) is 13.2 Å². The van der Waals surface area contributed by atoms with Gasteiger partial charge < -0.3 is 0 Å². The van der Waals surface area contributed by atoms with Crippen LogP contribution < -0.4 is 0 Å². The number of aromatic nitrogens is 2. The van der Waals surface area contributed by atoms with Crippen LogP contribution in [0, 0.1) is 0 Å². The second-order valence-electron chi connectivity index (χ2n) is 6.62. The quantitative estimate of drug-likeness (QED) is 0.308. The van der Waals surface area contributed by atoms with E-state index in [1.807, 2.05) is 42.5 Å². The van der Waals surface area contributed by atoms with Crippen molar-refractivity contribution in [1.29, 1.82) is 0 Å². The highest BCUT2D eigenvalue weighted by atomic mass is 19.4. The summed E-state index contributed by atoms with van der Waals surface area (Å²) < 4.78 is 38.5. The second kappa shape index (κ2) is 6.02. The Labute approximate surface area is 158 Å². The van der Waals surface area contributed by atoms with Gasteiger partial charge in [0.2, 0.25) is 0 Å². The molecule has 5 rings (SSSR count). The van der Waals surface area contributed by atoms with Crippen LogP contribution in [0.3, 0.4) is 0 Å².